The third-order valence-corrected chi connectivity index (χ3v) is 2.65. The number of methoxy groups -OCH3 is 1. The lowest BCUT2D eigenvalue weighted by Gasteiger charge is -2.05. The van der Waals surface area contributed by atoms with E-state index in [2.05, 4.69) is 47.7 Å². The molecule has 1 aromatic rings. The molecule has 60 valence electrons. The molecule has 0 saturated carbocycles. The highest BCUT2D eigenvalue weighted by Crippen LogP contribution is 2.16. The number of rotatable bonds is 2. The van der Waals surface area contributed by atoms with E-state index in [1.54, 1.807) is 7.11 Å². The van der Waals surface area contributed by atoms with Gasteiger partial charge in [0.05, 0.1) is 6.61 Å². The molecule has 0 saturated heterocycles. The molecule has 0 aromatic heterocycles. The molecule has 0 aliphatic heterocycles. The Kier molecular flexibility index (Phi) is 3.33. The van der Waals surface area contributed by atoms with Gasteiger partial charge in [-0.3, -0.25) is 0 Å². The second-order valence-corrected chi connectivity index (χ2v) is 3.63. The van der Waals surface area contributed by atoms with E-state index < -0.39 is 0 Å². The van der Waals surface area contributed by atoms with Crippen LogP contribution in [0.5, 0.6) is 0 Å². The SMILES string of the molecule is COCc1c(C)cccc1I. The summed E-state index contributed by atoms with van der Waals surface area (Å²) in [6, 6.07) is 6.27. The van der Waals surface area contributed by atoms with Crippen molar-refractivity contribution in [2.45, 2.75) is 13.5 Å². The largest absolute Gasteiger partial charge is 0.380 e. The quantitative estimate of drug-likeness (QED) is 0.744. The minimum Gasteiger partial charge on any atom is -0.380 e. The van der Waals surface area contributed by atoms with Crippen LogP contribution in [0.4, 0.5) is 0 Å². The van der Waals surface area contributed by atoms with Crippen LogP contribution in [0.1, 0.15) is 11.1 Å². The molecule has 1 aromatic carbocycles. The van der Waals surface area contributed by atoms with Crippen LogP contribution in [-0.4, -0.2) is 7.11 Å². The maximum atomic E-state index is 5.08. The lowest BCUT2D eigenvalue weighted by atomic mass is 10.1. The summed E-state index contributed by atoms with van der Waals surface area (Å²) in [5, 5.41) is 0. The van der Waals surface area contributed by atoms with Crippen LogP contribution >= 0.6 is 22.6 Å². The first-order valence-corrected chi connectivity index (χ1v) is 4.56. The summed E-state index contributed by atoms with van der Waals surface area (Å²) >= 11 is 2.33. The van der Waals surface area contributed by atoms with E-state index >= 15 is 0 Å². The van der Waals surface area contributed by atoms with Crippen LogP contribution in [0.3, 0.4) is 0 Å². The van der Waals surface area contributed by atoms with E-state index in [9.17, 15) is 0 Å². The van der Waals surface area contributed by atoms with E-state index in [0.717, 1.165) is 0 Å². The van der Waals surface area contributed by atoms with Crippen LogP contribution in [-0.2, 0) is 11.3 Å². The Morgan fingerprint density at radius 1 is 1.45 bits per heavy atom. The predicted octanol–water partition coefficient (Wildman–Crippen LogP) is 2.75. The lowest BCUT2D eigenvalue weighted by Crippen LogP contribution is -1.94. The normalized spacial score (nSPS) is 10.1. The molecule has 11 heavy (non-hydrogen) atoms. The van der Waals surface area contributed by atoms with Crippen molar-refractivity contribution in [2.24, 2.45) is 0 Å². The molecule has 0 unspecified atom stereocenters. The van der Waals surface area contributed by atoms with Gasteiger partial charge in [0.15, 0.2) is 0 Å². The topological polar surface area (TPSA) is 9.23 Å². The van der Waals surface area contributed by atoms with E-state index in [0.29, 0.717) is 6.61 Å². The summed E-state index contributed by atoms with van der Waals surface area (Å²) in [5.41, 5.74) is 2.61. The molecule has 0 aliphatic rings. The number of hydrogen-bond acceptors (Lipinski definition) is 1. The highest BCUT2D eigenvalue weighted by Gasteiger charge is 2.00. The van der Waals surface area contributed by atoms with Gasteiger partial charge in [-0.2, -0.15) is 0 Å². The van der Waals surface area contributed by atoms with Crippen LogP contribution in [0.25, 0.3) is 0 Å². The second-order valence-electron chi connectivity index (χ2n) is 2.47. The summed E-state index contributed by atoms with van der Waals surface area (Å²) < 4.78 is 6.37. The molecule has 0 radical (unpaired) electrons. The maximum absolute atomic E-state index is 5.08. The van der Waals surface area contributed by atoms with Gasteiger partial charge in [0.25, 0.3) is 0 Å². The average Bonchev–Trinajstić information content (AvgIpc) is 1.97. The van der Waals surface area contributed by atoms with E-state index in [1.165, 1.54) is 14.7 Å². The first-order chi connectivity index (χ1) is 5.25. The predicted molar refractivity (Wildman–Crippen MR) is 54.6 cm³/mol. The second kappa shape index (κ2) is 4.07. The van der Waals surface area contributed by atoms with E-state index in [4.69, 9.17) is 4.74 Å². The third-order valence-electron chi connectivity index (χ3n) is 1.64. The minimum atomic E-state index is 0.713. The molecule has 0 amide bonds. The number of ether oxygens (including phenoxy) is 1. The summed E-state index contributed by atoms with van der Waals surface area (Å²) in [4.78, 5) is 0. The molecule has 0 N–H and O–H groups in total. The van der Waals surface area contributed by atoms with Crippen molar-refractivity contribution in [1.82, 2.24) is 0 Å². The Morgan fingerprint density at radius 2 is 2.18 bits per heavy atom. The fourth-order valence-electron chi connectivity index (χ4n) is 0.994. The Hall–Kier alpha value is -0.0900. The van der Waals surface area contributed by atoms with Crippen molar-refractivity contribution in [2.75, 3.05) is 7.11 Å². The highest BCUT2D eigenvalue weighted by molar-refractivity contribution is 14.1. The Morgan fingerprint density at radius 3 is 2.73 bits per heavy atom. The van der Waals surface area contributed by atoms with Crippen LogP contribution in [0, 0.1) is 10.5 Å². The summed E-state index contributed by atoms with van der Waals surface area (Å²) in [6.45, 7) is 2.82. The van der Waals surface area contributed by atoms with Gasteiger partial charge in [-0.15, -0.1) is 0 Å². The van der Waals surface area contributed by atoms with Gasteiger partial charge < -0.3 is 4.74 Å². The van der Waals surface area contributed by atoms with Crippen LogP contribution in [0.15, 0.2) is 18.2 Å². The van der Waals surface area contributed by atoms with Crippen LogP contribution < -0.4 is 0 Å². The van der Waals surface area contributed by atoms with Crippen molar-refractivity contribution in [3.63, 3.8) is 0 Å². The van der Waals surface area contributed by atoms with Crippen molar-refractivity contribution in [3.8, 4) is 0 Å². The van der Waals surface area contributed by atoms with Gasteiger partial charge in [0.1, 0.15) is 0 Å². The molecular weight excluding hydrogens is 251 g/mol. The number of hydrogen-bond donors (Lipinski definition) is 0. The Bertz CT molecular complexity index is 225. The standard InChI is InChI=1S/C9H11IO/c1-7-4-3-5-9(10)8(7)6-11-2/h3-5H,6H2,1-2H3. The van der Waals surface area contributed by atoms with Gasteiger partial charge in [0.2, 0.25) is 0 Å². The molecule has 0 fully saturated rings. The zero-order valence-electron chi connectivity index (χ0n) is 6.73. The summed E-state index contributed by atoms with van der Waals surface area (Å²) in [5.74, 6) is 0. The van der Waals surface area contributed by atoms with Crippen LogP contribution in [0.2, 0.25) is 0 Å². The van der Waals surface area contributed by atoms with Gasteiger partial charge in [-0.1, -0.05) is 12.1 Å². The average molecular weight is 262 g/mol. The minimum absolute atomic E-state index is 0.713. The molecule has 0 spiro atoms. The third kappa shape index (κ3) is 2.17. The zero-order valence-corrected chi connectivity index (χ0v) is 8.88. The van der Waals surface area contributed by atoms with Crippen molar-refractivity contribution in [1.29, 1.82) is 0 Å². The van der Waals surface area contributed by atoms with Crippen molar-refractivity contribution >= 4 is 22.6 Å². The lowest BCUT2D eigenvalue weighted by molar-refractivity contribution is 0.184. The first kappa shape index (κ1) is 9.00. The Labute approximate surface area is 80.9 Å². The fourth-order valence-corrected chi connectivity index (χ4v) is 1.78. The fraction of sp³-hybridized carbons (Fsp3) is 0.333. The summed E-state index contributed by atoms with van der Waals surface area (Å²) in [6.07, 6.45) is 0. The molecule has 0 aliphatic carbocycles. The summed E-state index contributed by atoms with van der Waals surface area (Å²) in [7, 11) is 1.72. The van der Waals surface area contributed by atoms with Gasteiger partial charge in [0, 0.05) is 10.7 Å². The molecule has 2 heteroatoms. The first-order valence-electron chi connectivity index (χ1n) is 3.48. The molecule has 1 nitrogen and oxygen atoms in total. The van der Waals surface area contributed by atoms with Gasteiger partial charge in [-0.25, -0.2) is 0 Å². The number of aryl methyl sites for hydroxylation is 1. The molecule has 0 atom stereocenters. The smallest absolute Gasteiger partial charge is 0.0725 e. The monoisotopic (exact) mass is 262 g/mol. The number of benzene rings is 1. The van der Waals surface area contributed by atoms with E-state index in [-0.39, 0.29) is 0 Å². The van der Waals surface area contributed by atoms with E-state index in [1.807, 2.05) is 0 Å². The Balaban J connectivity index is 3.00. The van der Waals surface area contributed by atoms with Gasteiger partial charge in [-0.05, 0) is 46.7 Å². The van der Waals surface area contributed by atoms with Gasteiger partial charge >= 0.3 is 0 Å². The molecule has 1 rings (SSSR count). The van der Waals surface area contributed by atoms with Crippen molar-refractivity contribution in [3.05, 3.63) is 32.9 Å². The molecule has 0 bridgehead atoms. The zero-order chi connectivity index (χ0) is 8.27. The van der Waals surface area contributed by atoms with Crippen molar-refractivity contribution < 1.29 is 4.74 Å². The number of halogens is 1. The maximum Gasteiger partial charge on any atom is 0.0725 e. The molecule has 0 heterocycles. The highest BCUT2D eigenvalue weighted by atomic mass is 127. The molecular formula is C9H11IO.